The van der Waals surface area contributed by atoms with E-state index < -0.39 is 0 Å². The number of methoxy groups -OCH3 is 1. The van der Waals surface area contributed by atoms with Crippen LogP contribution in [0.1, 0.15) is 5.69 Å². The van der Waals surface area contributed by atoms with Gasteiger partial charge in [0.15, 0.2) is 5.65 Å². The van der Waals surface area contributed by atoms with Gasteiger partial charge in [-0.2, -0.15) is 0 Å². The lowest BCUT2D eigenvalue weighted by Crippen LogP contribution is -2.02. The fraction of sp³-hybridized carbons (Fsp3) is 0.333. The van der Waals surface area contributed by atoms with Gasteiger partial charge in [0.25, 0.3) is 0 Å². The summed E-state index contributed by atoms with van der Waals surface area (Å²) < 4.78 is 6.71. The Morgan fingerprint density at radius 1 is 1.50 bits per heavy atom. The summed E-state index contributed by atoms with van der Waals surface area (Å²) in [5, 5.41) is 4.19. The Balaban J connectivity index is 2.43. The van der Waals surface area contributed by atoms with E-state index >= 15 is 0 Å². The van der Waals surface area contributed by atoms with Gasteiger partial charge in [-0.15, -0.1) is 5.10 Å². The van der Waals surface area contributed by atoms with Crippen molar-refractivity contribution in [1.29, 1.82) is 0 Å². The van der Waals surface area contributed by atoms with E-state index in [0.29, 0.717) is 12.4 Å². The second kappa shape index (κ2) is 3.63. The molecule has 0 spiro atoms. The van der Waals surface area contributed by atoms with Crippen LogP contribution < -0.4 is 10.5 Å². The van der Waals surface area contributed by atoms with E-state index in [1.165, 1.54) is 0 Å². The Hall–Kier alpha value is -1.62. The molecule has 0 amide bonds. The number of fused-ring (bicyclic) bond motifs is 1. The molecule has 0 saturated heterocycles. The first-order valence-electron chi connectivity index (χ1n) is 4.43. The quantitative estimate of drug-likeness (QED) is 0.756. The monoisotopic (exact) mass is 192 g/mol. The largest absolute Gasteiger partial charge is 0.480 e. The number of imidazole rings is 1. The van der Waals surface area contributed by atoms with Crippen LogP contribution in [0.15, 0.2) is 18.3 Å². The van der Waals surface area contributed by atoms with Crippen molar-refractivity contribution in [3.63, 3.8) is 0 Å². The summed E-state index contributed by atoms with van der Waals surface area (Å²) in [6, 6.07) is 3.65. The maximum atomic E-state index is 5.44. The Kier molecular flexibility index (Phi) is 2.32. The molecule has 0 unspecified atom stereocenters. The molecule has 0 fully saturated rings. The Bertz CT molecular complexity index is 437. The fourth-order valence-electron chi connectivity index (χ4n) is 1.29. The van der Waals surface area contributed by atoms with Crippen LogP contribution in [0.5, 0.6) is 5.88 Å². The lowest BCUT2D eigenvalue weighted by Gasteiger charge is -1.96. The molecule has 0 aromatic carbocycles. The van der Waals surface area contributed by atoms with E-state index in [1.54, 1.807) is 17.7 Å². The Morgan fingerprint density at radius 3 is 3.07 bits per heavy atom. The summed E-state index contributed by atoms with van der Waals surface area (Å²) in [5.41, 5.74) is 7.21. The minimum Gasteiger partial charge on any atom is -0.480 e. The van der Waals surface area contributed by atoms with Crippen molar-refractivity contribution in [2.45, 2.75) is 6.42 Å². The van der Waals surface area contributed by atoms with Gasteiger partial charge in [-0.05, 0) is 12.6 Å². The summed E-state index contributed by atoms with van der Waals surface area (Å²) in [6.07, 6.45) is 2.64. The third kappa shape index (κ3) is 1.54. The van der Waals surface area contributed by atoms with Crippen LogP contribution in [-0.4, -0.2) is 28.3 Å². The van der Waals surface area contributed by atoms with Crippen molar-refractivity contribution >= 4 is 5.65 Å². The zero-order valence-corrected chi connectivity index (χ0v) is 7.97. The standard InChI is InChI=1S/C9H12N4O/c1-14-9-3-2-8-11-7(4-5-10)6-13(8)12-9/h2-3,6H,4-5,10H2,1H3. The SMILES string of the molecule is COc1ccc2nc(CCN)cn2n1. The van der Waals surface area contributed by atoms with Gasteiger partial charge in [0.05, 0.1) is 19.0 Å². The molecule has 5 nitrogen and oxygen atoms in total. The zero-order valence-electron chi connectivity index (χ0n) is 7.97. The predicted octanol–water partition coefficient (Wildman–Crippen LogP) is 0.239. The van der Waals surface area contributed by atoms with Crippen LogP contribution in [0, 0.1) is 0 Å². The molecule has 5 heteroatoms. The molecule has 2 heterocycles. The molecule has 0 aliphatic heterocycles. The minimum absolute atomic E-state index is 0.578. The molecule has 0 bridgehead atoms. The lowest BCUT2D eigenvalue weighted by molar-refractivity contribution is 0.390. The van der Waals surface area contributed by atoms with Gasteiger partial charge in [-0.3, -0.25) is 0 Å². The Labute approximate surface area is 81.5 Å². The number of aromatic nitrogens is 3. The topological polar surface area (TPSA) is 65.4 Å². The van der Waals surface area contributed by atoms with Crippen LogP contribution in [0.3, 0.4) is 0 Å². The third-order valence-electron chi connectivity index (χ3n) is 1.96. The molecule has 0 atom stereocenters. The molecule has 2 aromatic heterocycles. The first kappa shape index (κ1) is 8.96. The van der Waals surface area contributed by atoms with Crippen LogP contribution in [0.4, 0.5) is 0 Å². The van der Waals surface area contributed by atoms with Crippen LogP contribution in [0.2, 0.25) is 0 Å². The lowest BCUT2D eigenvalue weighted by atomic mass is 10.3. The first-order valence-corrected chi connectivity index (χ1v) is 4.43. The van der Waals surface area contributed by atoms with Gasteiger partial charge in [0.1, 0.15) is 0 Å². The highest BCUT2D eigenvalue weighted by Crippen LogP contribution is 2.09. The van der Waals surface area contributed by atoms with Crippen molar-refractivity contribution in [2.75, 3.05) is 13.7 Å². The maximum absolute atomic E-state index is 5.44. The molecule has 2 aromatic rings. The van der Waals surface area contributed by atoms with Gasteiger partial charge >= 0.3 is 0 Å². The summed E-state index contributed by atoms with van der Waals surface area (Å²) in [6.45, 7) is 0.598. The molecule has 0 aliphatic rings. The highest BCUT2D eigenvalue weighted by Gasteiger charge is 2.02. The van der Waals surface area contributed by atoms with Crippen molar-refractivity contribution in [3.8, 4) is 5.88 Å². The van der Waals surface area contributed by atoms with E-state index in [0.717, 1.165) is 17.8 Å². The number of nitrogens with two attached hydrogens (primary N) is 1. The molecule has 0 radical (unpaired) electrons. The fourth-order valence-corrected chi connectivity index (χ4v) is 1.29. The average Bonchev–Trinajstić information content (AvgIpc) is 2.59. The molecule has 2 rings (SSSR count). The van der Waals surface area contributed by atoms with Gasteiger partial charge < -0.3 is 10.5 Å². The number of nitrogens with zero attached hydrogens (tertiary/aromatic N) is 3. The smallest absolute Gasteiger partial charge is 0.231 e. The number of rotatable bonds is 3. The third-order valence-corrected chi connectivity index (χ3v) is 1.96. The highest BCUT2D eigenvalue weighted by molar-refractivity contribution is 5.39. The van der Waals surface area contributed by atoms with Gasteiger partial charge in [0.2, 0.25) is 5.88 Å². The highest BCUT2D eigenvalue weighted by atomic mass is 16.5. The van der Waals surface area contributed by atoms with Gasteiger partial charge in [-0.1, -0.05) is 0 Å². The molecule has 2 N–H and O–H groups in total. The Morgan fingerprint density at radius 2 is 2.36 bits per heavy atom. The number of ether oxygens (including phenoxy) is 1. The molecule has 74 valence electrons. The number of hydrogen-bond donors (Lipinski definition) is 1. The normalized spacial score (nSPS) is 10.7. The van der Waals surface area contributed by atoms with Crippen molar-refractivity contribution in [3.05, 3.63) is 24.0 Å². The molecule has 0 aliphatic carbocycles. The van der Waals surface area contributed by atoms with Crippen LogP contribution in [-0.2, 0) is 6.42 Å². The van der Waals surface area contributed by atoms with E-state index in [9.17, 15) is 0 Å². The van der Waals surface area contributed by atoms with E-state index in [4.69, 9.17) is 10.5 Å². The summed E-state index contributed by atoms with van der Waals surface area (Å²) >= 11 is 0. The second-order valence-corrected chi connectivity index (χ2v) is 2.95. The van der Waals surface area contributed by atoms with Crippen molar-refractivity contribution in [2.24, 2.45) is 5.73 Å². The van der Waals surface area contributed by atoms with Crippen molar-refractivity contribution in [1.82, 2.24) is 14.6 Å². The minimum atomic E-state index is 0.578. The summed E-state index contributed by atoms with van der Waals surface area (Å²) in [4.78, 5) is 4.34. The first-order chi connectivity index (χ1) is 6.83. The molecular weight excluding hydrogens is 180 g/mol. The maximum Gasteiger partial charge on any atom is 0.231 e. The van der Waals surface area contributed by atoms with Crippen LogP contribution >= 0.6 is 0 Å². The van der Waals surface area contributed by atoms with Crippen molar-refractivity contribution < 1.29 is 4.74 Å². The van der Waals surface area contributed by atoms with Gasteiger partial charge in [-0.25, -0.2) is 9.50 Å². The molecular formula is C9H12N4O. The zero-order chi connectivity index (χ0) is 9.97. The van der Waals surface area contributed by atoms with Gasteiger partial charge in [0, 0.05) is 12.5 Å². The van der Waals surface area contributed by atoms with Crippen LogP contribution in [0.25, 0.3) is 5.65 Å². The average molecular weight is 192 g/mol. The predicted molar refractivity (Wildman–Crippen MR) is 52.3 cm³/mol. The second-order valence-electron chi connectivity index (χ2n) is 2.95. The number of hydrogen-bond acceptors (Lipinski definition) is 4. The molecule has 14 heavy (non-hydrogen) atoms. The van der Waals surface area contributed by atoms with E-state index in [2.05, 4.69) is 10.1 Å². The van der Waals surface area contributed by atoms with E-state index in [-0.39, 0.29) is 0 Å². The summed E-state index contributed by atoms with van der Waals surface area (Å²) in [7, 11) is 1.59. The molecule has 0 saturated carbocycles. The summed E-state index contributed by atoms with van der Waals surface area (Å²) in [5.74, 6) is 0.578. The van der Waals surface area contributed by atoms with E-state index in [1.807, 2.05) is 12.3 Å².